The fourth-order valence-corrected chi connectivity index (χ4v) is 2.39. The Labute approximate surface area is 120 Å². The Morgan fingerprint density at radius 2 is 2.05 bits per heavy atom. The number of hydrogen-bond acceptors (Lipinski definition) is 4. The Balaban J connectivity index is 3.21. The highest BCUT2D eigenvalue weighted by Crippen LogP contribution is 2.27. The van der Waals surface area contributed by atoms with E-state index in [9.17, 15) is 9.90 Å². The summed E-state index contributed by atoms with van der Waals surface area (Å²) >= 11 is 0. The Bertz CT molecular complexity index is 445. The summed E-state index contributed by atoms with van der Waals surface area (Å²) in [6, 6.07) is 5.32. The molecule has 0 radical (unpaired) electrons. The van der Waals surface area contributed by atoms with Crippen molar-refractivity contribution < 1.29 is 14.6 Å². The maximum absolute atomic E-state index is 11.4. The molecule has 0 atom stereocenters. The molecule has 0 aliphatic heterocycles. The fourth-order valence-electron chi connectivity index (χ4n) is 2.39. The van der Waals surface area contributed by atoms with Gasteiger partial charge in [0.1, 0.15) is 0 Å². The Kier molecular flexibility index (Phi) is 6.31. The van der Waals surface area contributed by atoms with Crippen molar-refractivity contribution in [3.63, 3.8) is 0 Å². The molecular weight excluding hydrogens is 256 g/mol. The molecule has 1 aromatic carbocycles. The van der Waals surface area contributed by atoms with Crippen LogP contribution in [0, 0.1) is 0 Å². The lowest BCUT2D eigenvalue weighted by molar-refractivity contribution is 0.0697. The average molecular weight is 280 g/mol. The van der Waals surface area contributed by atoms with E-state index in [0.717, 1.165) is 12.8 Å². The number of nitrogen functional groups attached to an aromatic ring is 1. The summed E-state index contributed by atoms with van der Waals surface area (Å²) in [4.78, 5) is 13.5. The van der Waals surface area contributed by atoms with Gasteiger partial charge in [-0.3, -0.25) is 0 Å². The molecule has 0 saturated carbocycles. The number of methoxy groups -OCH3 is 1. The van der Waals surface area contributed by atoms with Gasteiger partial charge in [0.05, 0.1) is 17.9 Å². The van der Waals surface area contributed by atoms with Gasteiger partial charge < -0.3 is 20.5 Å². The highest BCUT2D eigenvalue weighted by Gasteiger charge is 2.21. The third-order valence-corrected chi connectivity index (χ3v) is 3.48. The molecule has 0 aliphatic rings. The van der Waals surface area contributed by atoms with Gasteiger partial charge in [0, 0.05) is 25.4 Å². The van der Waals surface area contributed by atoms with Crippen molar-refractivity contribution in [3.8, 4) is 0 Å². The Morgan fingerprint density at radius 1 is 1.40 bits per heavy atom. The van der Waals surface area contributed by atoms with Crippen LogP contribution in [-0.2, 0) is 4.74 Å². The van der Waals surface area contributed by atoms with Crippen molar-refractivity contribution in [1.82, 2.24) is 0 Å². The zero-order valence-corrected chi connectivity index (χ0v) is 12.4. The van der Waals surface area contributed by atoms with E-state index < -0.39 is 5.97 Å². The average Bonchev–Trinajstić information content (AvgIpc) is 2.43. The lowest BCUT2D eigenvalue weighted by atomic mass is 10.1. The molecule has 1 aromatic rings. The van der Waals surface area contributed by atoms with Gasteiger partial charge in [0.2, 0.25) is 0 Å². The minimum atomic E-state index is -0.958. The molecule has 0 heterocycles. The normalized spacial score (nSPS) is 10.8. The maximum atomic E-state index is 11.4. The zero-order valence-electron chi connectivity index (χ0n) is 12.4. The van der Waals surface area contributed by atoms with E-state index >= 15 is 0 Å². The van der Waals surface area contributed by atoms with Gasteiger partial charge in [0.25, 0.3) is 0 Å². The molecule has 0 fully saturated rings. The van der Waals surface area contributed by atoms with Gasteiger partial charge in [-0.15, -0.1) is 0 Å². The number of benzene rings is 1. The first kappa shape index (κ1) is 16.3. The number of carboxylic acids is 1. The van der Waals surface area contributed by atoms with Gasteiger partial charge >= 0.3 is 5.97 Å². The second kappa shape index (κ2) is 7.75. The standard InChI is InChI=1S/C15H24N2O3/c1-4-12(5-2)17(8-9-20-3)14-7-6-11(16)10-13(14)15(18)19/h6-7,10,12H,4-5,8-9,16H2,1-3H3,(H,18,19). The van der Waals surface area contributed by atoms with Crippen molar-refractivity contribution in [2.45, 2.75) is 32.7 Å². The smallest absolute Gasteiger partial charge is 0.337 e. The number of carboxylic acid groups (broad SMARTS) is 1. The summed E-state index contributed by atoms with van der Waals surface area (Å²) in [5.74, 6) is -0.958. The van der Waals surface area contributed by atoms with E-state index in [1.54, 1.807) is 19.2 Å². The number of anilines is 2. The first-order chi connectivity index (χ1) is 9.54. The van der Waals surface area contributed by atoms with Crippen LogP contribution in [0.15, 0.2) is 18.2 Å². The number of hydrogen-bond donors (Lipinski definition) is 2. The topological polar surface area (TPSA) is 75.8 Å². The van der Waals surface area contributed by atoms with Crippen molar-refractivity contribution in [1.29, 1.82) is 0 Å². The van der Waals surface area contributed by atoms with Crippen molar-refractivity contribution in [2.24, 2.45) is 0 Å². The summed E-state index contributed by atoms with van der Waals surface area (Å²) < 4.78 is 5.14. The zero-order chi connectivity index (χ0) is 15.1. The van der Waals surface area contributed by atoms with Crippen LogP contribution < -0.4 is 10.6 Å². The van der Waals surface area contributed by atoms with Crippen LogP contribution in [0.4, 0.5) is 11.4 Å². The Hall–Kier alpha value is -1.75. The van der Waals surface area contributed by atoms with E-state index in [4.69, 9.17) is 10.5 Å². The highest BCUT2D eigenvalue weighted by molar-refractivity contribution is 5.95. The molecule has 0 aliphatic carbocycles. The number of aromatic carboxylic acids is 1. The lowest BCUT2D eigenvalue weighted by Gasteiger charge is -2.33. The Morgan fingerprint density at radius 3 is 2.55 bits per heavy atom. The maximum Gasteiger partial charge on any atom is 0.337 e. The minimum Gasteiger partial charge on any atom is -0.478 e. The van der Waals surface area contributed by atoms with Crippen LogP contribution in [0.1, 0.15) is 37.0 Å². The predicted molar refractivity (Wildman–Crippen MR) is 81.4 cm³/mol. The summed E-state index contributed by atoms with van der Waals surface area (Å²) in [5.41, 5.74) is 7.11. The molecule has 0 unspecified atom stereocenters. The summed E-state index contributed by atoms with van der Waals surface area (Å²) in [6.07, 6.45) is 1.90. The second-order valence-corrected chi connectivity index (χ2v) is 4.74. The van der Waals surface area contributed by atoms with Crippen LogP contribution >= 0.6 is 0 Å². The minimum absolute atomic E-state index is 0.244. The van der Waals surface area contributed by atoms with Crippen LogP contribution in [0.5, 0.6) is 0 Å². The highest BCUT2D eigenvalue weighted by atomic mass is 16.5. The predicted octanol–water partition coefficient (Wildman–Crippen LogP) is 2.61. The summed E-state index contributed by atoms with van der Waals surface area (Å²) in [6.45, 7) is 5.42. The molecule has 0 saturated heterocycles. The van der Waals surface area contributed by atoms with Crippen LogP contribution in [0.3, 0.4) is 0 Å². The number of ether oxygens (including phenoxy) is 1. The number of carbonyl (C=O) groups is 1. The monoisotopic (exact) mass is 280 g/mol. The third kappa shape index (κ3) is 3.87. The molecule has 3 N–H and O–H groups in total. The molecule has 5 heteroatoms. The fraction of sp³-hybridized carbons (Fsp3) is 0.533. The molecule has 0 spiro atoms. The number of nitrogens with two attached hydrogens (primary N) is 1. The van der Waals surface area contributed by atoms with Gasteiger partial charge in [-0.25, -0.2) is 4.79 Å². The first-order valence-corrected chi connectivity index (χ1v) is 6.93. The summed E-state index contributed by atoms with van der Waals surface area (Å²) in [7, 11) is 1.65. The lowest BCUT2D eigenvalue weighted by Crippen LogP contribution is -2.38. The van der Waals surface area contributed by atoms with Crippen molar-refractivity contribution >= 4 is 17.3 Å². The van der Waals surface area contributed by atoms with Gasteiger partial charge in [-0.05, 0) is 31.0 Å². The number of nitrogens with zero attached hydrogens (tertiary/aromatic N) is 1. The number of rotatable bonds is 8. The van der Waals surface area contributed by atoms with E-state index in [1.165, 1.54) is 6.07 Å². The van der Waals surface area contributed by atoms with Crippen LogP contribution in [0.25, 0.3) is 0 Å². The molecule has 1 rings (SSSR count). The largest absolute Gasteiger partial charge is 0.478 e. The van der Waals surface area contributed by atoms with Crippen molar-refractivity contribution in [3.05, 3.63) is 23.8 Å². The molecule has 0 bridgehead atoms. The molecule has 0 amide bonds. The molecule has 20 heavy (non-hydrogen) atoms. The quantitative estimate of drug-likeness (QED) is 0.716. The van der Waals surface area contributed by atoms with Gasteiger partial charge in [-0.1, -0.05) is 13.8 Å². The van der Waals surface area contributed by atoms with Gasteiger partial charge in [-0.2, -0.15) is 0 Å². The SMILES string of the molecule is CCC(CC)N(CCOC)c1ccc(N)cc1C(=O)O. The van der Waals surface area contributed by atoms with Gasteiger partial charge in [0.15, 0.2) is 0 Å². The molecular formula is C15H24N2O3. The van der Waals surface area contributed by atoms with Crippen LogP contribution in [0.2, 0.25) is 0 Å². The van der Waals surface area contributed by atoms with E-state index in [2.05, 4.69) is 18.7 Å². The summed E-state index contributed by atoms with van der Waals surface area (Å²) in [5, 5.41) is 9.38. The van der Waals surface area contributed by atoms with E-state index in [1.807, 2.05) is 0 Å². The second-order valence-electron chi connectivity index (χ2n) is 4.74. The molecule has 0 aromatic heterocycles. The van der Waals surface area contributed by atoms with E-state index in [-0.39, 0.29) is 11.6 Å². The van der Waals surface area contributed by atoms with Crippen LogP contribution in [-0.4, -0.2) is 37.4 Å². The first-order valence-electron chi connectivity index (χ1n) is 6.93. The van der Waals surface area contributed by atoms with E-state index in [0.29, 0.717) is 24.5 Å². The van der Waals surface area contributed by atoms with Crippen molar-refractivity contribution in [2.75, 3.05) is 30.9 Å². The molecule has 112 valence electrons. The molecule has 5 nitrogen and oxygen atoms in total. The third-order valence-electron chi connectivity index (χ3n) is 3.48.